The molecule has 38 heavy (non-hydrogen) atoms. The number of rotatable bonds is 12. The number of methoxy groups -OCH3 is 1. The lowest BCUT2D eigenvalue weighted by Crippen LogP contribution is -2.49. The first-order valence-corrected chi connectivity index (χ1v) is 14.5. The van der Waals surface area contributed by atoms with E-state index in [0.717, 1.165) is 53.9 Å². The van der Waals surface area contributed by atoms with E-state index in [1.807, 2.05) is 12.1 Å². The Bertz CT molecular complexity index is 1220. The first-order chi connectivity index (χ1) is 18.0. The van der Waals surface area contributed by atoms with Crippen molar-refractivity contribution >= 4 is 27.5 Å². The second kappa shape index (κ2) is 13.0. The van der Waals surface area contributed by atoms with Gasteiger partial charge < -0.3 is 15.0 Å². The largest absolute Gasteiger partial charge is 0.497 e. The van der Waals surface area contributed by atoms with Gasteiger partial charge in [-0.3, -0.25) is 13.9 Å². The fourth-order valence-electron chi connectivity index (χ4n) is 4.55. The number of nitrogens with one attached hydrogen (secondary N) is 1. The number of hydrogen-bond acceptors (Lipinski definition) is 5. The third-order valence-corrected chi connectivity index (χ3v) is 7.92. The van der Waals surface area contributed by atoms with Crippen molar-refractivity contribution < 1.29 is 31.5 Å². The van der Waals surface area contributed by atoms with Crippen molar-refractivity contribution in [1.29, 1.82) is 0 Å². The Morgan fingerprint density at radius 2 is 1.74 bits per heavy atom. The third-order valence-electron chi connectivity index (χ3n) is 6.72. The highest BCUT2D eigenvalue weighted by Crippen LogP contribution is 2.22. The molecule has 0 aliphatic heterocycles. The number of amides is 2. The number of hydrogen-bond donors (Lipinski definition) is 1. The molecule has 1 fully saturated rings. The van der Waals surface area contributed by atoms with Gasteiger partial charge in [0.2, 0.25) is 21.8 Å². The lowest BCUT2D eigenvalue weighted by atomic mass is 10.1. The highest BCUT2D eigenvalue weighted by Gasteiger charge is 2.29. The molecule has 1 aliphatic rings. The van der Waals surface area contributed by atoms with Gasteiger partial charge in [-0.1, -0.05) is 25.0 Å². The van der Waals surface area contributed by atoms with Crippen molar-refractivity contribution in [3.05, 3.63) is 59.7 Å². The van der Waals surface area contributed by atoms with Crippen LogP contribution in [0.1, 0.15) is 51.0 Å². The van der Waals surface area contributed by atoms with Gasteiger partial charge in [-0.25, -0.2) is 17.2 Å². The van der Waals surface area contributed by atoms with Crippen LogP contribution in [0, 0.1) is 11.6 Å². The molecular formula is C27H35F2N3O5S. The van der Waals surface area contributed by atoms with E-state index >= 15 is 0 Å². The summed E-state index contributed by atoms with van der Waals surface area (Å²) >= 11 is 0. The van der Waals surface area contributed by atoms with Crippen molar-refractivity contribution in [3.63, 3.8) is 0 Å². The number of carbonyl (C=O) groups is 2. The quantitative estimate of drug-likeness (QED) is 0.430. The van der Waals surface area contributed by atoms with Crippen LogP contribution in [0.3, 0.4) is 0 Å². The molecule has 2 amide bonds. The maximum absolute atomic E-state index is 13.7. The molecule has 11 heteroatoms. The van der Waals surface area contributed by atoms with Gasteiger partial charge in [-0.05, 0) is 56.0 Å². The topological polar surface area (TPSA) is 96.0 Å². The summed E-state index contributed by atoms with van der Waals surface area (Å²) in [5.41, 5.74) is 0.775. The summed E-state index contributed by atoms with van der Waals surface area (Å²) in [6, 6.07) is 9.36. The predicted octanol–water partition coefficient (Wildman–Crippen LogP) is 4.00. The zero-order valence-corrected chi connectivity index (χ0v) is 22.8. The summed E-state index contributed by atoms with van der Waals surface area (Å²) in [5.74, 6) is -2.15. The first kappa shape index (κ1) is 29.3. The second-order valence-corrected chi connectivity index (χ2v) is 11.5. The Labute approximate surface area is 223 Å². The van der Waals surface area contributed by atoms with Gasteiger partial charge in [0.15, 0.2) is 11.6 Å². The number of sulfonamides is 1. The SMILES string of the molecule is COc1ccc(CN(C(=O)CCCN(c2ccc(F)c(F)c2)S(C)(=O)=O)[C@H](C)C(=O)NC2CCCC2)cc1. The highest BCUT2D eigenvalue weighted by molar-refractivity contribution is 7.92. The van der Waals surface area contributed by atoms with Crippen LogP contribution in [-0.2, 0) is 26.2 Å². The Balaban J connectivity index is 1.73. The molecule has 0 saturated heterocycles. The molecule has 2 aromatic carbocycles. The van der Waals surface area contributed by atoms with E-state index in [2.05, 4.69) is 5.32 Å². The number of halogens is 2. The third kappa shape index (κ3) is 7.89. The van der Waals surface area contributed by atoms with E-state index in [0.29, 0.717) is 5.75 Å². The van der Waals surface area contributed by atoms with Crippen LogP contribution in [0.5, 0.6) is 5.75 Å². The van der Waals surface area contributed by atoms with Gasteiger partial charge in [-0.15, -0.1) is 0 Å². The molecule has 2 aromatic rings. The lowest BCUT2D eigenvalue weighted by Gasteiger charge is -2.30. The zero-order valence-electron chi connectivity index (χ0n) is 22.0. The average Bonchev–Trinajstić information content (AvgIpc) is 3.39. The first-order valence-electron chi connectivity index (χ1n) is 12.6. The van der Waals surface area contributed by atoms with Crippen molar-refractivity contribution in [3.8, 4) is 5.75 Å². The fourth-order valence-corrected chi connectivity index (χ4v) is 5.50. The summed E-state index contributed by atoms with van der Waals surface area (Å²) in [4.78, 5) is 27.9. The summed E-state index contributed by atoms with van der Waals surface area (Å²) < 4.78 is 57.9. The fraction of sp³-hybridized carbons (Fsp3) is 0.481. The molecule has 1 atom stereocenters. The molecule has 0 radical (unpaired) electrons. The summed E-state index contributed by atoms with van der Waals surface area (Å²) in [5, 5.41) is 3.04. The minimum Gasteiger partial charge on any atom is -0.497 e. The summed E-state index contributed by atoms with van der Waals surface area (Å²) in [7, 11) is -2.26. The molecule has 8 nitrogen and oxygen atoms in total. The van der Waals surface area contributed by atoms with Crippen LogP contribution >= 0.6 is 0 Å². The monoisotopic (exact) mass is 551 g/mol. The molecule has 0 bridgehead atoms. The van der Waals surface area contributed by atoms with Crippen LogP contribution in [-0.4, -0.2) is 57.1 Å². The van der Waals surface area contributed by atoms with Crippen molar-refractivity contribution in [2.45, 2.75) is 64.1 Å². The molecule has 1 saturated carbocycles. The number of carbonyl (C=O) groups excluding carboxylic acids is 2. The van der Waals surface area contributed by atoms with E-state index in [9.17, 15) is 26.8 Å². The van der Waals surface area contributed by atoms with Crippen LogP contribution in [0.2, 0.25) is 0 Å². The zero-order chi connectivity index (χ0) is 27.9. The maximum Gasteiger partial charge on any atom is 0.242 e. The van der Waals surface area contributed by atoms with E-state index in [1.54, 1.807) is 26.2 Å². The molecule has 0 unspecified atom stereocenters. The molecule has 0 heterocycles. The van der Waals surface area contributed by atoms with Crippen molar-refractivity contribution in [2.75, 3.05) is 24.2 Å². The number of anilines is 1. The van der Waals surface area contributed by atoms with Crippen molar-refractivity contribution in [2.24, 2.45) is 0 Å². The normalized spacial score (nSPS) is 14.7. The smallest absolute Gasteiger partial charge is 0.242 e. The molecule has 0 aromatic heterocycles. The Kier molecular flexibility index (Phi) is 10.1. The molecule has 1 aliphatic carbocycles. The average molecular weight is 552 g/mol. The lowest BCUT2D eigenvalue weighted by molar-refractivity contribution is -0.141. The van der Waals surface area contributed by atoms with Crippen LogP contribution in [0.25, 0.3) is 0 Å². The predicted molar refractivity (Wildman–Crippen MR) is 141 cm³/mol. The summed E-state index contributed by atoms with van der Waals surface area (Å²) in [6.07, 6.45) is 4.97. The Hall–Kier alpha value is -3.21. The van der Waals surface area contributed by atoms with Gasteiger partial charge in [0.25, 0.3) is 0 Å². The molecule has 0 spiro atoms. The van der Waals surface area contributed by atoms with Crippen LogP contribution in [0.15, 0.2) is 42.5 Å². The summed E-state index contributed by atoms with van der Waals surface area (Å²) in [6.45, 7) is 1.74. The molecular weight excluding hydrogens is 516 g/mol. The van der Waals surface area contributed by atoms with Crippen LogP contribution in [0.4, 0.5) is 14.5 Å². The minimum atomic E-state index is -3.82. The van der Waals surface area contributed by atoms with E-state index < -0.39 is 27.7 Å². The number of ether oxygens (including phenoxy) is 1. The van der Waals surface area contributed by atoms with E-state index in [1.165, 1.54) is 11.0 Å². The maximum atomic E-state index is 13.7. The number of benzene rings is 2. The number of nitrogens with zero attached hydrogens (tertiary/aromatic N) is 2. The van der Waals surface area contributed by atoms with Gasteiger partial charge >= 0.3 is 0 Å². The Morgan fingerprint density at radius 3 is 2.32 bits per heavy atom. The minimum absolute atomic E-state index is 0.0294. The van der Waals surface area contributed by atoms with Gasteiger partial charge in [0.05, 0.1) is 19.1 Å². The molecule has 3 rings (SSSR count). The molecule has 208 valence electrons. The van der Waals surface area contributed by atoms with Gasteiger partial charge in [0, 0.05) is 31.6 Å². The highest BCUT2D eigenvalue weighted by atomic mass is 32.2. The van der Waals surface area contributed by atoms with Crippen molar-refractivity contribution in [1.82, 2.24) is 10.2 Å². The van der Waals surface area contributed by atoms with Crippen LogP contribution < -0.4 is 14.4 Å². The van der Waals surface area contributed by atoms with Gasteiger partial charge in [0.1, 0.15) is 11.8 Å². The second-order valence-electron chi connectivity index (χ2n) is 9.57. The molecule has 1 N–H and O–H groups in total. The standard InChI is InChI=1S/C27H35F2N3O5S/c1-19(27(34)30-21-7-4-5-8-21)31(18-20-10-13-23(37-2)14-11-20)26(33)9-6-16-32(38(3,35)36)22-12-15-24(28)25(29)17-22/h10-15,17,19,21H,4-9,16,18H2,1-3H3,(H,30,34)/t19-/m1/s1. The van der Waals surface area contributed by atoms with E-state index in [-0.39, 0.29) is 49.5 Å². The van der Waals surface area contributed by atoms with E-state index in [4.69, 9.17) is 4.74 Å². The van der Waals surface area contributed by atoms with Gasteiger partial charge in [-0.2, -0.15) is 0 Å². The Morgan fingerprint density at radius 1 is 1.08 bits per heavy atom.